The molecule has 0 bridgehead atoms. The van der Waals surface area contributed by atoms with E-state index >= 15 is 0 Å². The van der Waals surface area contributed by atoms with Crippen LogP contribution in [0.25, 0.3) is 0 Å². The van der Waals surface area contributed by atoms with E-state index in [2.05, 4.69) is 0 Å². The van der Waals surface area contributed by atoms with Crippen LogP contribution in [0.1, 0.15) is 43.9 Å². The minimum Gasteiger partial charge on any atom is -0.463 e. The molecule has 0 saturated carbocycles. The van der Waals surface area contributed by atoms with Gasteiger partial charge in [0.25, 0.3) is 0 Å². The molecular weight excluding hydrogens is 688 g/mol. The molecule has 0 N–H and O–H groups in total. The summed E-state index contributed by atoms with van der Waals surface area (Å²) in [6.45, 7) is 4.24. The second-order valence-corrected chi connectivity index (χ2v) is 12.8. The van der Waals surface area contributed by atoms with Gasteiger partial charge in [-0.3, -0.25) is 14.4 Å². The third-order valence-corrected chi connectivity index (χ3v) is 8.65. The van der Waals surface area contributed by atoms with Crippen molar-refractivity contribution < 1.29 is 61.8 Å². The SMILES string of the molecule is CO[C@H]1O[C@H](COCc2ccccc2)[C@@H](O[C@@H]2C[C@@H](OC(C)=O)[C@H](OC(C)=O)[C@@H](COC(C)=O)O2)[C@H](OCc2ccccc2)[C@H]1OCc1ccccc1. The normalized spacial score (nSPS) is 27.1. The number of methoxy groups -OCH3 is 1. The Morgan fingerprint density at radius 2 is 1.13 bits per heavy atom. The van der Waals surface area contributed by atoms with Gasteiger partial charge in [0.2, 0.25) is 0 Å². The van der Waals surface area contributed by atoms with Gasteiger partial charge in [0.05, 0.1) is 26.4 Å². The Hall–Kier alpha value is -4.21. The number of hydrogen-bond acceptors (Lipinski definition) is 13. The molecular formula is C40H48O13. The van der Waals surface area contributed by atoms with E-state index in [1.807, 2.05) is 91.0 Å². The van der Waals surface area contributed by atoms with Crippen LogP contribution < -0.4 is 0 Å². The molecule has 0 unspecified atom stereocenters. The fourth-order valence-electron chi connectivity index (χ4n) is 6.29. The van der Waals surface area contributed by atoms with Crippen LogP contribution in [0.15, 0.2) is 91.0 Å². The molecule has 0 aliphatic carbocycles. The van der Waals surface area contributed by atoms with Gasteiger partial charge in [-0.25, -0.2) is 0 Å². The van der Waals surface area contributed by atoms with Gasteiger partial charge in [-0.2, -0.15) is 0 Å². The summed E-state index contributed by atoms with van der Waals surface area (Å²) in [7, 11) is 1.53. The van der Waals surface area contributed by atoms with Crippen molar-refractivity contribution in [3.05, 3.63) is 108 Å². The first kappa shape index (κ1) is 40.0. The highest BCUT2D eigenvalue weighted by molar-refractivity contribution is 5.67. The number of carbonyl (C=O) groups excluding carboxylic acids is 3. The maximum atomic E-state index is 12.3. The van der Waals surface area contributed by atoms with Crippen molar-refractivity contribution in [1.82, 2.24) is 0 Å². The smallest absolute Gasteiger partial charge is 0.303 e. The number of carbonyl (C=O) groups is 3. The molecule has 3 aromatic carbocycles. The topological polar surface area (TPSA) is 144 Å². The number of esters is 3. The van der Waals surface area contributed by atoms with E-state index in [4.69, 9.17) is 47.4 Å². The molecule has 9 atom stereocenters. The summed E-state index contributed by atoms with van der Waals surface area (Å²) in [6.07, 6.45) is -8.36. The second-order valence-electron chi connectivity index (χ2n) is 12.8. The Morgan fingerprint density at radius 1 is 0.604 bits per heavy atom. The van der Waals surface area contributed by atoms with Crippen molar-refractivity contribution in [2.24, 2.45) is 0 Å². The van der Waals surface area contributed by atoms with Crippen LogP contribution in [0, 0.1) is 0 Å². The molecule has 13 heteroatoms. The van der Waals surface area contributed by atoms with Crippen molar-refractivity contribution in [3.63, 3.8) is 0 Å². The lowest BCUT2D eigenvalue weighted by atomic mass is 9.97. The van der Waals surface area contributed by atoms with E-state index in [-0.39, 0.29) is 32.8 Å². The van der Waals surface area contributed by atoms with Crippen molar-refractivity contribution in [3.8, 4) is 0 Å². The minimum absolute atomic E-state index is 0.0309. The molecule has 2 aliphatic heterocycles. The monoisotopic (exact) mass is 736 g/mol. The number of hydrogen-bond donors (Lipinski definition) is 0. The van der Waals surface area contributed by atoms with Crippen LogP contribution in [0.4, 0.5) is 0 Å². The van der Waals surface area contributed by atoms with Crippen molar-refractivity contribution >= 4 is 17.9 Å². The van der Waals surface area contributed by atoms with Crippen LogP contribution in [0.5, 0.6) is 0 Å². The average molecular weight is 737 g/mol. The van der Waals surface area contributed by atoms with E-state index in [0.717, 1.165) is 16.7 Å². The van der Waals surface area contributed by atoms with E-state index in [9.17, 15) is 14.4 Å². The summed E-state index contributed by atoms with van der Waals surface area (Å²) in [5.74, 6) is -1.80. The van der Waals surface area contributed by atoms with Gasteiger partial charge in [0, 0.05) is 34.3 Å². The molecule has 2 aliphatic rings. The van der Waals surface area contributed by atoms with Crippen LogP contribution in [-0.4, -0.2) is 93.5 Å². The zero-order chi connectivity index (χ0) is 37.6. The lowest BCUT2D eigenvalue weighted by molar-refractivity contribution is -0.352. The van der Waals surface area contributed by atoms with Crippen LogP contribution in [-0.2, 0) is 81.6 Å². The number of rotatable bonds is 17. The third kappa shape index (κ3) is 12.2. The van der Waals surface area contributed by atoms with Gasteiger partial charge < -0.3 is 47.4 Å². The molecule has 0 radical (unpaired) electrons. The Morgan fingerprint density at radius 3 is 1.66 bits per heavy atom. The fraction of sp³-hybridized carbons (Fsp3) is 0.475. The fourth-order valence-corrected chi connectivity index (χ4v) is 6.29. The van der Waals surface area contributed by atoms with Crippen LogP contribution >= 0.6 is 0 Å². The van der Waals surface area contributed by atoms with E-state index in [1.165, 1.54) is 27.9 Å². The van der Waals surface area contributed by atoms with Crippen molar-refractivity contribution in [2.45, 2.75) is 102 Å². The second kappa shape index (κ2) is 20.3. The summed E-state index contributed by atoms with van der Waals surface area (Å²) < 4.78 is 61.3. The molecule has 2 heterocycles. The molecule has 3 aromatic rings. The largest absolute Gasteiger partial charge is 0.463 e. The Bertz CT molecular complexity index is 1560. The molecule has 53 heavy (non-hydrogen) atoms. The Labute approximate surface area is 309 Å². The van der Waals surface area contributed by atoms with Gasteiger partial charge in [0.1, 0.15) is 43.2 Å². The predicted molar refractivity (Wildman–Crippen MR) is 188 cm³/mol. The summed E-state index contributed by atoms with van der Waals surface area (Å²) in [5.41, 5.74) is 2.81. The molecule has 0 aromatic heterocycles. The predicted octanol–water partition coefficient (Wildman–Crippen LogP) is 4.67. The van der Waals surface area contributed by atoms with Crippen molar-refractivity contribution in [1.29, 1.82) is 0 Å². The van der Waals surface area contributed by atoms with E-state index in [0.29, 0.717) is 6.61 Å². The standard InChI is InChI=1S/C40H48O13/c1-26(41)46-25-34-36(50-28(3)43)32(49-27(2)42)20-35(51-34)53-37-33(24-45-21-29-14-8-5-9-15-29)52-40(44-4)39(48-23-31-18-12-7-13-19-31)38(37)47-22-30-16-10-6-11-17-30/h5-19,32-40H,20-25H2,1-4H3/t32-,33-,34-,35-,36+,37-,38+,39-,40+/m1/s1. The number of ether oxygens (including phenoxy) is 10. The summed E-state index contributed by atoms with van der Waals surface area (Å²) in [6, 6.07) is 29.1. The Kier molecular flexibility index (Phi) is 15.3. The molecule has 13 nitrogen and oxygen atoms in total. The lowest BCUT2D eigenvalue weighted by Gasteiger charge is -2.47. The number of benzene rings is 3. The Balaban J connectivity index is 1.47. The zero-order valence-corrected chi connectivity index (χ0v) is 30.4. The summed E-state index contributed by atoms with van der Waals surface area (Å²) in [4.78, 5) is 36.2. The third-order valence-electron chi connectivity index (χ3n) is 8.65. The first-order chi connectivity index (χ1) is 25.7. The first-order valence-corrected chi connectivity index (χ1v) is 17.6. The van der Waals surface area contributed by atoms with E-state index in [1.54, 1.807) is 0 Å². The van der Waals surface area contributed by atoms with Crippen molar-refractivity contribution in [2.75, 3.05) is 20.3 Å². The average Bonchev–Trinajstić information content (AvgIpc) is 3.15. The quantitative estimate of drug-likeness (QED) is 0.140. The highest BCUT2D eigenvalue weighted by atomic mass is 16.8. The highest BCUT2D eigenvalue weighted by Gasteiger charge is 2.52. The van der Waals surface area contributed by atoms with Gasteiger partial charge >= 0.3 is 17.9 Å². The first-order valence-electron chi connectivity index (χ1n) is 17.6. The summed E-state index contributed by atoms with van der Waals surface area (Å²) >= 11 is 0. The van der Waals surface area contributed by atoms with E-state index < -0.39 is 73.2 Å². The maximum absolute atomic E-state index is 12.3. The molecule has 286 valence electrons. The van der Waals surface area contributed by atoms with Crippen LogP contribution in [0.3, 0.4) is 0 Å². The summed E-state index contributed by atoms with van der Waals surface area (Å²) in [5, 5.41) is 0. The van der Waals surface area contributed by atoms with Gasteiger partial charge in [-0.1, -0.05) is 91.0 Å². The molecule has 2 fully saturated rings. The van der Waals surface area contributed by atoms with Gasteiger partial charge in [0.15, 0.2) is 18.7 Å². The zero-order valence-electron chi connectivity index (χ0n) is 30.4. The molecule has 2 saturated heterocycles. The van der Waals surface area contributed by atoms with Gasteiger partial charge in [-0.05, 0) is 16.7 Å². The van der Waals surface area contributed by atoms with Gasteiger partial charge in [-0.15, -0.1) is 0 Å². The molecule has 0 spiro atoms. The molecule has 5 rings (SSSR count). The van der Waals surface area contributed by atoms with Crippen LogP contribution in [0.2, 0.25) is 0 Å². The maximum Gasteiger partial charge on any atom is 0.303 e. The minimum atomic E-state index is -1.08. The lowest BCUT2D eigenvalue weighted by Crippen LogP contribution is -2.63. The highest BCUT2D eigenvalue weighted by Crippen LogP contribution is 2.34. The molecule has 0 amide bonds.